The van der Waals surface area contributed by atoms with Crippen molar-refractivity contribution in [2.45, 2.75) is 20.8 Å². The molecule has 3 heterocycles. The van der Waals surface area contributed by atoms with Gasteiger partial charge >= 0.3 is 0 Å². The molecule has 0 spiro atoms. The van der Waals surface area contributed by atoms with Crippen LogP contribution in [0.2, 0.25) is 0 Å². The maximum absolute atomic E-state index is 5.27. The molecule has 0 atom stereocenters. The standard InChI is InChI=1S/C19H17BrN6O/c1-11-10-21-17(19-12(2)24-27-13(19)3)9-16(11)23-14-4-5-18(15(20)8-14)26-7-6-22-25-26/h4-10H,1-3H3,(H,21,23). The molecule has 0 saturated carbocycles. The Labute approximate surface area is 164 Å². The number of aryl methyl sites for hydroxylation is 3. The zero-order valence-corrected chi connectivity index (χ0v) is 16.6. The van der Waals surface area contributed by atoms with Gasteiger partial charge in [-0.05, 0) is 66.5 Å². The van der Waals surface area contributed by atoms with Crippen LogP contribution in [0.5, 0.6) is 0 Å². The lowest BCUT2D eigenvalue weighted by molar-refractivity contribution is 0.393. The minimum atomic E-state index is 0.759. The van der Waals surface area contributed by atoms with E-state index >= 15 is 0 Å². The van der Waals surface area contributed by atoms with Gasteiger partial charge in [0, 0.05) is 22.0 Å². The first kappa shape index (κ1) is 17.4. The van der Waals surface area contributed by atoms with Crippen molar-refractivity contribution >= 4 is 27.3 Å². The first-order valence-electron chi connectivity index (χ1n) is 8.36. The number of nitrogens with zero attached hydrogens (tertiary/aromatic N) is 5. The number of hydrogen-bond donors (Lipinski definition) is 1. The molecule has 4 aromatic rings. The summed E-state index contributed by atoms with van der Waals surface area (Å²) in [6.45, 7) is 5.83. The van der Waals surface area contributed by atoms with Gasteiger partial charge in [0.05, 0.1) is 35.0 Å². The summed E-state index contributed by atoms with van der Waals surface area (Å²) in [7, 11) is 0. The molecule has 0 amide bonds. The summed E-state index contributed by atoms with van der Waals surface area (Å²) >= 11 is 3.60. The van der Waals surface area contributed by atoms with E-state index in [9.17, 15) is 0 Å². The van der Waals surface area contributed by atoms with E-state index in [0.29, 0.717) is 0 Å². The lowest BCUT2D eigenvalue weighted by atomic mass is 10.1. The average Bonchev–Trinajstić information content (AvgIpc) is 3.28. The highest BCUT2D eigenvalue weighted by Gasteiger charge is 2.14. The summed E-state index contributed by atoms with van der Waals surface area (Å²) in [5.41, 5.74) is 6.47. The highest BCUT2D eigenvalue weighted by Crippen LogP contribution is 2.31. The average molecular weight is 425 g/mol. The third-order valence-corrected chi connectivity index (χ3v) is 4.92. The fraction of sp³-hybridized carbons (Fsp3) is 0.158. The van der Waals surface area contributed by atoms with Crippen LogP contribution in [0, 0.1) is 20.8 Å². The normalized spacial score (nSPS) is 11.0. The second-order valence-corrected chi connectivity index (χ2v) is 7.08. The minimum Gasteiger partial charge on any atom is -0.361 e. The SMILES string of the molecule is Cc1cnc(-c2c(C)noc2C)cc1Nc1ccc(-n2ccnn2)c(Br)c1. The van der Waals surface area contributed by atoms with E-state index in [1.807, 2.05) is 51.2 Å². The lowest BCUT2D eigenvalue weighted by Gasteiger charge is -2.13. The van der Waals surface area contributed by atoms with Crippen LogP contribution in [0.25, 0.3) is 16.9 Å². The number of halogens is 1. The van der Waals surface area contributed by atoms with Gasteiger partial charge < -0.3 is 9.84 Å². The Hall–Kier alpha value is -3.00. The Balaban J connectivity index is 1.67. The number of benzene rings is 1. The summed E-state index contributed by atoms with van der Waals surface area (Å²) in [6, 6.07) is 8.00. The van der Waals surface area contributed by atoms with Gasteiger partial charge in [-0.3, -0.25) is 4.98 Å². The van der Waals surface area contributed by atoms with Gasteiger partial charge in [-0.25, -0.2) is 4.68 Å². The van der Waals surface area contributed by atoms with E-state index in [1.165, 1.54) is 0 Å². The number of rotatable bonds is 4. The predicted octanol–water partition coefficient (Wildman–Crippen LogP) is 4.75. The Kier molecular flexibility index (Phi) is 4.49. The molecule has 0 aliphatic heterocycles. The van der Waals surface area contributed by atoms with Crippen molar-refractivity contribution in [3.05, 3.63) is 64.3 Å². The van der Waals surface area contributed by atoms with Gasteiger partial charge in [0.25, 0.3) is 0 Å². The smallest absolute Gasteiger partial charge is 0.143 e. The Morgan fingerprint density at radius 2 is 2.00 bits per heavy atom. The van der Waals surface area contributed by atoms with E-state index in [2.05, 4.69) is 41.7 Å². The largest absolute Gasteiger partial charge is 0.361 e. The third kappa shape index (κ3) is 3.35. The van der Waals surface area contributed by atoms with Gasteiger partial charge in [-0.2, -0.15) is 0 Å². The Morgan fingerprint density at radius 3 is 2.67 bits per heavy atom. The first-order chi connectivity index (χ1) is 13.0. The molecule has 0 aliphatic carbocycles. The maximum atomic E-state index is 5.27. The topological polar surface area (TPSA) is 81.7 Å². The number of nitrogens with one attached hydrogen (secondary N) is 1. The molecule has 7 nitrogen and oxygen atoms in total. The number of anilines is 2. The van der Waals surface area contributed by atoms with Gasteiger partial charge in [0.2, 0.25) is 0 Å². The summed E-state index contributed by atoms with van der Waals surface area (Å²) in [5.74, 6) is 0.759. The molecular weight excluding hydrogens is 408 g/mol. The molecule has 0 saturated heterocycles. The monoisotopic (exact) mass is 424 g/mol. The zero-order chi connectivity index (χ0) is 19.0. The van der Waals surface area contributed by atoms with Gasteiger partial charge in [0.1, 0.15) is 5.76 Å². The van der Waals surface area contributed by atoms with Gasteiger partial charge in [0.15, 0.2) is 0 Å². The van der Waals surface area contributed by atoms with Gasteiger partial charge in [-0.1, -0.05) is 10.4 Å². The highest BCUT2D eigenvalue weighted by molar-refractivity contribution is 9.10. The predicted molar refractivity (Wildman–Crippen MR) is 106 cm³/mol. The molecule has 1 aromatic carbocycles. The van der Waals surface area contributed by atoms with Crippen molar-refractivity contribution in [1.82, 2.24) is 25.1 Å². The van der Waals surface area contributed by atoms with Crippen LogP contribution < -0.4 is 5.32 Å². The number of pyridine rings is 1. The fourth-order valence-corrected chi connectivity index (χ4v) is 3.47. The van der Waals surface area contributed by atoms with Crippen molar-refractivity contribution in [3.8, 4) is 16.9 Å². The third-order valence-electron chi connectivity index (χ3n) is 4.29. The van der Waals surface area contributed by atoms with Crippen molar-refractivity contribution < 1.29 is 4.52 Å². The molecule has 3 aromatic heterocycles. The molecule has 0 fully saturated rings. The van der Waals surface area contributed by atoms with Crippen LogP contribution in [0.1, 0.15) is 17.0 Å². The molecule has 0 bridgehead atoms. The summed E-state index contributed by atoms with van der Waals surface area (Å²) < 4.78 is 7.89. The second kappa shape index (κ2) is 6.96. The van der Waals surface area contributed by atoms with Crippen LogP contribution in [-0.2, 0) is 0 Å². The molecule has 0 radical (unpaired) electrons. The quantitative estimate of drug-likeness (QED) is 0.508. The summed E-state index contributed by atoms with van der Waals surface area (Å²) in [4.78, 5) is 4.54. The van der Waals surface area contributed by atoms with Crippen LogP contribution in [0.3, 0.4) is 0 Å². The van der Waals surface area contributed by atoms with Crippen LogP contribution in [0.4, 0.5) is 11.4 Å². The van der Waals surface area contributed by atoms with Crippen molar-refractivity contribution in [1.29, 1.82) is 0 Å². The van der Waals surface area contributed by atoms with Crippen molar-refractivity contribution in [2.75, 3.05) is 5.32 Å². The molecule has 27 heavy (non-hydrogen) atoms. The zero-order valence-electron chi connectivity index (χ0n) is 15.1. The molecule has 136 valence electrons. The van der Waals surface area contributed by atoms with Crippen molar-refractivity contribution in [3.63, 3.8) is 0 Å². The van der Waals surface area contributed by atoms with Crippen molar-refractivity contribution in [2.24, 2.45) is 0 Å². The molecule has 4 rings (SSSR count). The minimum absolute atomic E-state index is 0.759. The second-order valence-electron chi connectivity index (χ2n) is 6.22. The lowest BCUT2D eigenvalue weighted by Crippen LogP contribution is -1.99. The van der Waals surface area contributed by atoms with Crippen LogP contribution in [0.15, 0.2) is 51.9 Å². The summed E-state index contributed by atoms with van der Waals surface area (Å²) in [5, 5.41) is 15.4. The van der Waals surface area contributed by atoms with E-state index in [-0.39, 0.29) is 0 Å². The van der Waals surface area contributed by atoms with E-state index in [1.54, 1.807) is 17.1 Å². The molecular formula is C19H17BrN6O. The van der Waals surface area contributed by atoms with Gasteiger partial charge in [-0.15, -0.1) is 5.10 Å². The van der Waals surface area contributed by atoms with E-state index in [4.69, 9.17) is 4.52 Å². The van der Waals surface area contributed by atoms with E-state index < -0.39 is 0 Å². The number of aromatic nitrogens is 5. The molecule has 0 aliphatic rings. The fourth-order valence-electron chi connectivity index (χ4n) is 2.91. The summed E-state index contributed by atoms with van der Waals surface area (Å²) in [6.07, 6.45) is 5.30. The van der Waals surface area contributed by atoms with Crippen LogP contribution >= 0.6 is 15.9 Å². The van der Waals surface area contributed by atoms with E-state index in [0.717, 1.165) is 49.8 Å². The maximum Gasteiger partial charge on any atom is 0.143 e. The molecule has 8 heteroatoms. The molecule has 1 N–H and O–H groups in total. The highest BCUT2D eigenvalue weighted by atomic mass is 79.9. The van der Waals surface area contributed by atoms with Crippen LogP contribution in [-0.4, -0.2) is 25.1 Å². The Morgan fingerprint density at radius 1 is 1.15 bits per heavy atom. The molecule has 0 unspecified atom stereocenters. The Bertz CT molecular complexity index is 1080. The first-order valence-corrected chi connectivity index (χ1v) is 9.15. The number of hydrogen-bond acceptors (Lipinski definition) is 6.